The number of carbonyl (C=O) groups excluding carboxylic acids is 1. The van der Waals surface area contributed by atoms with Crippen LogP contribution >= 0.6 is 11.6 Å². The summed E-state index contributed by atoms with van der Waals surface area (Å²) in [7, 11) is 1.60. The molecule has 1 aromatic carbocycles. The van der Waals surface area contributed by atoms with Crippen LogP contribution in [0.15, 0.2) is 24.3 Å². The Bertz CT molecular complexity index is 578. The molecule has 0 unspecified atom stereocenters. The first-order chi connectivity index (χ1) is 9.17. The van der Waals surface area contributed by atoms with Crippen molar-refractivity contribution in [3.63, 3.8) is 0 Å². The van der Waals surface area contributed by atoms with Crippen molar-refractivity contribution in [1.82, 2.24) is 14.8 Å². The van der Waals surface area contributed by atoms with Gasteiger partial charge in [-0.2, -0.15) is 0 Å². The lowest BCUT2D eigenvalue weighted by molar-refractivity contribution is 0.101. The first-order valence-electron chi connectivity index (χ1n) is 5.76. The van der Waals surface area contributed by atoms with Gasteiger partial charge >= 0.3 is 0 Å². The lowest BCUT2D eigenvalue weighted by atomic mass is 10.1. The molecular weight excluding hydrogens is 266 g/mol. The van der Waals surface area contributed by atoms with Gasteiger partial charge in [-0.05, 0) is 31.2 Å². The van der Waals surface area contributed by atoms with Crippen LogP contribution in [0.2, 0.25) is 0 Å². The summed E-state index contributed by atoms with van der Waals surface area (Å²) in [6.45, 7) is 1.88. The fourth-order valence-corrected chi connectivity index (χ4v) is 1.98. The Kier molecular flexibility index (Phi) is 4.29. The molecule has 0 amide bonds. The van der Waals surface area contributed by atoms with E-state index < -0.39 is 0 Å². The molecule has 2 rings (SSSR count). The summed E-state index contributed by atoms with van der Waals surface area (Å²) < 4.78 is 6.92. The van der Waals surface area contributed by atoms with E-state index in [0.29, 0.717) is 23.8 Å². The molecule has 0 N–H and O–H groups in total. The molecule has 0 aliphatic carbocycles. The third kappa shape index (κ3) is 2.83. The van der Waals surface area contributed by atoms with E-state index in [9.17, 15) is 4.79 Å². The predicted octanol–water partition coefficient (Wildman–Crippen LogP) is 2.36. The van der Waals surface area contributed by atoms with Crippen molar-refractivity contribution in [3.8, 4) is 5.69 Å². The van der Waals surface area contributed by atoms with Crippen molar-refractivity contribution in [2.24, 2.45) is 0 Å². The molecule has 0 aliphatic rings. The third-order valence-corrected chi connectivity index (χ3v) is 2.96. The van der Waals surface area contributed by atoms with Crippen molar-refractivity contribution < 1.29 is 9.53 Å². The number of Topliss-reactive ketones (excluding diaryl/α,β-unsaturated/α-hetero) is 1. The maximum absolute atomic E-state index is 11.3. The van der Waals surface area contributed by atoms with E-state index in [4.69, 9.17) is 16.3 Å². The van der Waals surface area contributed by atoms with Crippen LogP contribution < -0.4 is 0 Å². The molecular formula is C13H14ClN3O2. The first-order valence-corrected chi connectivity index (χ1v) is 6.30. The van der Waals surface area contributed by atoms with Gasteiger partial charge in [-0.15, -0.1) is 21.8 Å². The first kappa shape index (κ1) is 13.7. The molecule has 0 spiro atoms. The summed E-state index contributed by atoms with van der Waals surface area (Å²) in [6, 6.07) is 7.23. The Morgan fingerprint density at radius 1 is 1.26 bits per heavy atom. The summed E-state index contributed by atoms with van der Waals surface area (Å²) in [4.78, 5) is 11.3. The number of aromatic nitrogens is 3. The highest BCUT2D eigenvalue weighted by atomic mass is 35.5. The quantitative estimate of drug-likeness (QED) is 0.623. The molecule has 0 bridgehead atoms. The highest BCUT2D eigenvalue weighted by Gasteiger charge is 2.13. The number of ketones is 1. The van der Waals surface area contributed by atoms with Crippen molar-refractivity contribution in [1.29, 1.82) is 0 Å². The van der Waals surface area contributed by atoms with E-state index in [1.165, 1.54) is 6.92 Å². The number of methoxy groups -OCH3 is 1. The minimum Gasteiger partial charge on any atom is -0.377 e. The summed E-state index contributed by atoms with van der Waals surface area (Å²) in [6.07, 6.45) is 0. The van der Waals surface area contributed by atoms with Crippen molar-refractivity contribution >= 4 is 17.4 Å². The number of hydrogen-bond donors (Lipinski definition) is 0. The fourth-order valence-electron chi connectivity index (χ4n) is 1.81. The van der Waals surface area contributed by atoms with Gasteiger partial charge in [0, 0.05) is 18.4 Å². The Hall–Kier alpha value is -1.72. The average molecular weight is 280 g/mol. The maximum Gasteiger partial charge on any atom is 0.163 e. The van der Waals surface area contributed by atoms with Crippen LogP contribution in [-0.4, -0.2) is 27.7 Å². The molecule has 5 nitrogen and oxygen atoms in total. The highest BCUT2D eigenvalue weighted by molar-refractivity contribution is 6.16. The molecule has 0 radical (unpaired) electrons. The van der Waals surface area contributed by atoms with Crippen LogP contribution in [0, 0.1) is 0 Å². The number of alkyl halides is 1. The number of ether oxygens (including phenoxy) is 1. The SMILES string of the molecule is COCc1nnc(CCl)n1-c1ccc(C(C)=O)cc1. The summed E-state index contributed by atoms with van der Waals surface area (Å²) in [5.74, 6) is 1.61. The van der Waals surface area contributed by atoms with Crippen molar-refractivity contribution in [2.75, 3.05) is 7.11 Å². The smallest absolute Gasteiger partial charge is 0.163 e. The monoisotopic (exact) mass is 279 g/mol. The van der Waals surface area contributed by atoms with Crippen LogP contribution in [0.25, 0.3) is 5.69 Å². The topological polar surface area (TPSA) is 57.0 Å². The summed E-state index contributed by atoms with van der Waals surface area (Å²) in [5.41, 5.74) is 1.52. The van der Waals surface area contributed by atoms with Crippen LogP contribution in [-0.2, 0) is 17.2 Å². The Balaban J connectivity index is 2.44. The largest absolute Gasteiger partial charge is 0.377 e. The fraction of sp³-hybridized carbons (Fsp3) is 0.308. The zero-order valence-corrected chi connectivity index (χ0v) is 11.5. The molecule has 0 saturated heterocycles. The van der Waals surface area contributed by atoms with Crippen LogP contribution in [0.3, 0.4) is 0 Å². The lowest BCUT2D eigenvalue weighted by Crippen LogP contribution is -2.06. The summed E-state index contributed by atoms with van der Waals surface area (Å²) in [5, 5.41) is 8.07. The molecule has 19 heavy (non-hydrogen) atoms. The Morgan fingerprint density at radius 2 is 1.89 bits per heavy atom. The van der Waals surface area contributed by atoms with Gasteiger partial charge in [0.25, 0.3) is 0 Å². The van der Waals surface area contributed by atoms with E-state index in [1.54, 1.807) is 19.2 Å². The second kappa shape index (κ2) is 5.95. The van der Waals surface area contributed by atoms with Crippen LogP contribution in [0.5, 0.6) is 0 Å². The van der Waals surface area contributed by atoms with Crippen LogP contribution in [0.1, 0.15) is 28.9 Å². The third-order valence-electron chi connectivity index (χ3n) is 2.72. The molecule has 1 aromatic heterocycles. The number of carbonyl (C=O) groups is 1. The minimum atomic E-state index is 0.0324. The standard InChI is InChI=1S/C13H14ClN3O2/c1-9(18)10-3-5-11(6-4-10)17-12(7-14)15-16-13(17)8-19-2/h3-6H,7-8H2,1-2H3. The van der Waals surface area contributed by atoms with E-state index in [-0.39, 0.29) is 11.7 Å². The Morgan fingerprint density at radius 3 is 2.42 bits per heavy atom. The molecule has 0 atom stereocenters. The molecule has 1 heterocycles. The van der Waals surface area contributed by atoms with E-state index in [1.807, 2.05) is 16.7 Å². The normalized spacial score (nSPS) is 10.7. The van der Waals surface area contributed by atoms with Crippen LogP contribution in [0.4, 0.5) is 0 Å². The summed E-state index contributed by atoms with van der Waals surface area (Å²) >= 11 is 5.86. The molecule has 2 aromatic rings. The van der Waals surface area contributed by atoms with Gasteiger partial charge in [0.1, 0.15) is 6.61 Å². The van der Waals surface area contributed by atoms with Gasteiger partial charge < -0.3 is 4.74 Å². The second-order valence-corrected chi connectivity index (χ2v) is 4.30. The minimum absolute atomic E-state index is 0.0324. The number of rotatable bonds is 5. The maximum atomic E-state index is 11.3. The zero-order valence-electron chi connectivity index (χ0n) is 10.8. The molecule has 0 aliphatic heterocycles. The lowest BCUT2D eigenvalue weighted by Gasteiger charge is -2.09. The molecule has 100 valence electrons. The number of hydrogen-bond acceptors (Lipinski definition) is 4. The highest BCUT2D eigenvalue weighted by Crippen LogP contribution is 2.16. The van der Waals surface area contributed by atoms with E-state index in [2.05, 4.69) is 10.2 Å². The average Bonchev–Trinajstić information content (AvgIpc) is 2.82. The number of halogens is 1. The Labute approximate surface area is 116 Å². The zero-order chi connectivity index (χ0) is 13.8. The molecule has 6 heteroatoms. The van der Waals surface area contributed by atoms with Gasteiger partial charge in [0.2, 0.25) is 0 Å². The number of benzene rings is 1. The van der Waals surface area contributed by atoms with Gasteiger partial charge in [0.05, 0.1) is 5.88 Å². The van der Waals surface area contributed by atoms with Gasteiger partial charge in [0.15, 0.2) is 17.4 Å². The molecule has 0 fully saturated rings. The van der Waals surface area contributed by atoms with Gasteiger partial charge in [-0.25, -0.2) is 0 Å². The second-order valence-electron chi connectivity index (χ2n) is 4.04. The predicted molar refractivity (Wildman–Crippen MR) is 71.6 cm³/mol. The van der Waals surface area contributed by atoms with Crippen molar-refractivity contribution in [3.05, 3.63) is 41.5 Å². The van der Waals surface area contributed by atoms with E-state index >= 15 is 0 Å². The van der Waals surface area contributed by atoms with E-state index in [0.717, 1.165) is 5.69 Å². The number of nitrogens with zero attached hydrogens (tertiary/aromatic N) is 3. The van der Waals surface area contributed by atoms with Crippen molar-refractivity contribution in [2.45, 2.75) is 19.4 Å². The molecule has 0 saturated carbocycles. The van der Waals surface area contributed by atoms with Gasteiger partial charge in [-0.1, -0.05) is 0 Å². The van der Waals surface area contributed by atoms with Gasteiger partial charge in [-0.3, -0.25) is 9.36 Å².